The van der Waals surface area contributed by atoms with Crippen LogP contribution in [0.5, 0.6) is 5.75 Å². The van der Waals surface area contributed by atoms with Crippen LogP contribution in [0.4, 0.5) is 5.69 Å². The zero-order chi connectivity index (χ0) is 33.3. The fourth-order valence-electron chi connectivity index (χ4n) is 5.18. The maximum atomic E-state index is 14.6. The number of ether oxygens (including phenoxy) is 1. The number of carbonyl (C=O) groups excluding carboxylic acids is 2. The van der Waals surface area contributed by atoms with Crippen LogP contribution in [0.25, 0.3) is 0 Å². The maximum Gasteiger partial charge on any atom is 0.264 e. The number of benzene rings is 4. The Hall–Kier alpha value is -4.63. The third-order valence-corrected chi connectivity index (χ3v) is 9.67. The molecule has 0 bridgehead atoms. The number of anilines is 1. The van der Waals surface area contributed by atoms with Gasteiger partial charge in [-0.2, -0.15) is 0 Å². The Bertz CT molecular complexity index is 1730. The SMILES string of the molecule is COc1cccc(CN(C(=O)CN(c2cccc(C)c2C)S(=O)(=O)c2ccccc2)[C@H](Cc2ccccc2)C(=O)NCC(C)C)c1. The standard InChI is InChI=1S/C37H43N3O5S/c1-27(2)24-38-37(42)35(23-30-15-8-6-9-16-30)39(25-31-17-13-18-32(22-31)45-5)36(41)26-40(34-21-12-14-28(3)29(34)4)46(43,44)33-19-10-7-11-20-33/h6-22,27,35H,23-26H2,1-5H3,(H,38,42)/t35-/m1/s1. The van der Waals surface area contributed by atoms with E-state index in [1.165, 1.54) is 17.0 Å². The largest absolute Gasteiger partial charge is 0.497 e. The molecular weight excluding hydrogens is 598 g/mol. The average Bonchev–Trinajstić information content (AvgIpc) is 3.06. The molecule has 46 heavy (non-hydrogen) atoms. The van der Waals surface area contributed by atoms with Gasteiger partial charge in [-0.1, -0.05) is 86.6 Å². The smallest absolute Gasteiger partial charge is 0.264 e. The number of hydrogen-bond donors (Lipinski definition) is 1. The van der Waals surface area contributed by atoms with E-state index in [1.54, 1.807) is 43.5 Å². The first-order valence-electron chi connectivity index (χ1n) is 15.4. The van der Waals surface area contributed by atoms with Crippen LogP contribution in [-0.2, 0) is 32.6 Å². The molecule has 0 radical (unpaired) electrons. The lowest BCUT2D eigenvalue weighted by Crippen LogP contribution is -2.53. The molecule has 9 heteroatoms. The first-order chi connectivity index (χ1) is 22.0. The van der Waals surface area contributed by atoms with Gasteiger partial charge in [-0.25, -0.2) is 8.42 Å². The number of nitrogens with zero attached hydrogens (tertiary/aromatic N) is 2. The second-order valence-electron chi connectivity index (χ2n) is 11.8. The highest BCUT2D eigenvalue weighted by atomic mass is 32.2. The van der Waals surface area contributed by atoms with Crippen LogP contribution < -0.4 is 14.4 Å². The summed E-state index contributed by atoms with van der Waals surface area (Å²) in [6.07, 6.45) is 0.245. The van der Waals surface area contributed by atoms with Gasteiger partial charge in [0, 0.05) is 19.5 Å². The molecule has 0 aliphatic rings. The number of carbonyl (C=O) groups is 2. The second kappa shape index (κ2) is 15.6. The molecule has 0 unspecified atom stereocenters. The molecule has 4 rings (SSSR count). The lowest BCUT2D eigenvalue weighted by molar-refractivity contribution is -0.140. The Morgan fingerprint density at radius 1 is 0.826 bits per heavy atom. The number of rotatable bonds is 14. The van der Waals surface area contributed by atoms with Crippen molar-refractivity contribution in [1.29, 1.82) is 0 Å². The Kier molecular flexibility index (Phi) is 11.6. The molecule has 0 aliphatic heterocycles. The van der Waals surface area contributed by atoms with Crippen molar-refractivity contribution in [2.45, 2.75) is 51.6 Å². The topological polar surface area (TPSA) is 96.0 Å². The molecule has 2 amide bonds. The van der Waals surface area contributed by atoms with Gasteiger partial charge in [0.05, 0.1) is 17.7 Å². The third kappa shape index (κ3) is 8.54. The van der Waals surface area contributed by atoms with E-state index in [9.17, 15) is 18.0 Å². The van der Waals surface area contributed by atoms with Crippen LogP contribution in [0.3, 0.4) is 0 Å². The summed E-state index contributed by atoms with van der Waals surface area (Å²) in [5, 5.41) is 3.01. The molecule has 0 saturated heterocycles. The van der Waals surface area contributed by atoms with Crippen LogP contribution in [0, 0.1) is 19.8 Å². The van der Waals surface area contributed by atoms with Crippen LogP contribution >= 0.6 is 0 Å². The summed E-state index contributed by atoms with van der Waals surface area (Å²) in [5.41, 5.74) is 3.65. The summed E-state index contributed by atoms with van der Waals surface area (Å²) in [6.45, 7) is 7.74. The number of sulfonamides is 1. The molecule has 242 valence electrons. The van der Waals surface area contributed by atoms with Crippen molar-refractivity contribution in [3.05, 3.63) is 125 Å². The van der Waals surface area contributed by atoms with Crippen molar-refractivity contribution in [3.63, 3.8) is 0 Å². The molecule has 0 fully saturated rings. The fraction of sp³-hybridized carbons (Fsp3) is 0.297. The van der Waals surface area contributed by atoms with Gasteiger partial charge < -0.3 is 15.0 Å². The quantitative estimate of drug-likeness (QED) is 0.185. The monoisotopic (exact) mass is 641 g/mol. The molecule has 0 saturated carbocycles. The first-order valence-corrected chi connectivity index (χ1v) is 16.8. The van der Waals surface area contributed by atoms with Crippen LogP contribution in [0.2, 0.25) is 0 Å². The maximum absolute atomic E-state index is 14.6. The summed E-state index contributed by atoms with van der Waals surface area (Å²) < 4.78 is 35.1. The number of amides is 2. The number of nitrogens with one attached hydrogen (secondary N) is 1. The van der Waals surface area contributed by atoms with Crippen LogP contribution in [-0.4, -0.2) is 51.4 Å². The van der Waals surface area contributed by atoms with Gasteiger partial charge in [-0.15, -0.1) is 0 Å². The normalized spacial score (nSPS) is 12.0. The Morgan fingerprint density at radius 2 is 1.46 bits per heavy atom. The predicted molar refractivity (Wildman–Crippen MR) is 182 cm³/mol. The Morgan fingerprint density at radius 3 is 2.11 bits per heavy atom. The number of methoxy groups -OCH3 is 1. The van der Waals surface area contributed by atoms with Crippen molar-refractivity contribution >= 4 is 27.5 Å². The summed E-state index contributed by atoms with van der Waals surface area (Å²) in [5.74, 6) is -0.0149. The van der Waals surface area contributed by atoms with E-state index >= 15 is 0 Å². The first kappa shape index (κ1) is 34.2. The summed E-state index contributed by atoms with van der Waals surface area (Å²) in [7, 11) is -2.60. The van der Waals surface area contributed by atoms with Crippen molar-refractivity contribution in [3.8, 4) is 5.75 Å². The average molecular weight is 642 g/mol. The van der Waals surface area contributed by atoms with E-state index < -0.39 is 28.5 Å². The Labute approximate surface area is 273 Å². The van der Waals surface area contributed by atoms with Gasteiger partial charge in [0.1, 0.15) is 18.3 Å². The van der Waals surface area contributed by atoms with Crippen molar-refractivity contribution in [2.24, 2.45) is 5.92 Å². The van der Waals surface area contributed by atoms with Gasteiger partial charge in [0.2, 0.25) is 11.8 Å². The zero-order valence-electron chi connectivity index (χ0n) is 27.1. The highest BCUT2D eigenvalue weighted by Crippen LogP contribution is 2.29. The van der Waals surface area contributed by atoms with Gasteiger partial charge in [0.15, 0.2) is 0 Å². The molecule has 4 aromatic rings. The van der Waals surface area contributed by atoms with Crippen molar-refractivity contribution in [1.82, 2.24) is 10.2 Å². The van der Waals surface area contributed by atoms with E-state index in [0.29, 0.717) is 18.0 Å². The van der Waals surface area contributed by atoms with Crippen LogP contribution in [0.15, 0.2) is 108 Å². The van der Waals surface area contributed by atoms with E-state index in [-0.39, 0.29) is 29.7 Å². The van der Waals surface area contributed by atoms with E-state index in [4.69, 9.17) is 4.74 Å². The predicted octanol–water partition coefficient (Wildman–Crippen LogP) is 5.92. The summed E-state index contributed by atoms with van der Waals surface area (Å²) in [6, 6.07) is 29.4. The molecule has 0 heterocycles. The molecule has 8 nitrogen and oxygen atoms in total. The minimum absolute atomic E-state index is 0.0641. The lowest BCUT2D eigenvalue weighted by Gasteiger charge is -2.34. The minimum Gasteiger partial charge on any atom is -0.497 e. The molecule has 4 aromatic carbocycles. The molecule has 0 aromatic heterocycles. The summed E-state index contributed by atoms with van der Waals surface area (Å²) >= 11 is 0. The van der Waals surface area contributed by atoms with Gasteiger partial charge in [0.25, 0.3) is 10.0 Å². The second-order valence-corrected chi connectivity index (χ2v) is 13.6. The van der Waals surface area contributed by atoms with E-state index in [2.05, 4.69) is 5.32 Å². The lowest BCUT2D eigenvalue weighted by atomic mass is 10.0. The zero-order valence-corrected chi connectivity index (χ0v) is 28.0. The van der Waals surface area contributed by atoms with Gasteiger partial charge in [-0.05, 0) is 72.4 Å². The number of aryl methyl sites for hydroxylation is 1. The van der Waals surface area contributed by atoms with Crippen molar-refractivity contribution in [2.75, 3.05) is 24.5 Å². The van der Waals surface area contributed by atoms with Gasteiger partial charge >= 0.3 is 0 Å². The number of hydrogen-bond acceptors (Lipinski definition) is 5. The molecule has 1 atom stereocenters. The van der Waals surface area contributed by atoms with E-state index in [0.717, 1.165) is 26.6 Å². The Balaban J connectivity index is 1.83. The van der Waals surface area contributed by atoms with E-state index in [1.807, 2.05) is 82.3 Å². The van der Waals surface area contributed by atoms with Crippen molar-refractivity contribution < 1.29 is 22.7 Å². The molecule has 0 spiro atoms. The molecule has 0 aliphatic carbocycles. The minimum atomic E-state index is -4.17. The van der Waals surface area contributed by atoms with Crippen LogP contribution in [0.1, 0.15) is 36.1 Å². The molecular formula is C37H43N3O5S. The highest BCUT2D eigenvalue weighted by Gasteiger charge is 2.35. The summed E-state index contributed by atoms with van der Waals surface area (Å²) in [4.78, 5) is 30.1. The fourth-order valence-corrected chi connectivity index (χ4v) is 6.68. The highest BCUT2D eigenvalue weighted by molar-refractivity contribution is 7.92. The van der Waals surface area contributed by atoms with Gasteiger partial charge in [-0.3, -0.25) is 13.9 Å². The third-order valence-electron chi connectivity index (χ3n) is 7.90. The molecule has 1 N–H and O–H groups in total.